The van der Waals surface area contributed by atoms with Gasteiger partial charge in [-0.25, -0.2) is 4.39 Å². The van der Waals surface area contributed by atoms with Crippen molar-refractivity contribution in [2.75, 3.05) is 20.2 Å². The molecule has 0 aromatic heterocycles. The molecule has 0 saturated carbocycles. The molecule has 1 aliphatic rings. The van der Waals surface area contributed by atoms with Crippen LogP contribution in [0.15, 0.2) is 0 Å². The minimum atomic E-state index is -1.14. The van der Waals surface area contributed by atoms with Gasteiger partial charge in [0.2, 0.25) is 5.91 Å². The first-order valence-corrected chi connectivity index (χ1v) is 5.50. The Kier molecular flexibility index (Phi) is 7.48. The van der Waals surface area contributed by atoms with E-state index in [9.17, 15) is 9.18 Å². The number of piperidine rings is 1. The molecular formula is C11H19FN2O2. The van der Waals surface area contributed by atoms with Crippen LogP contribution in [0.5, 0.6) is 0 Å². The topological polar surface area (TPSA) is 53.3 Å². The van der Waals surface area contributed by atoms with Crippen LogP contribution in [0.3, 0.4) is 0 Å². The van der Waals surface area contributed by atoms with Gasteiger partial charge in [0.1, 0.15) is 12.6 Å². The summed E-state index contributed by atoms with van der Waals surface area (Å²) in [5.74, 6) is -0.301. The van der Waals surface area contributed by atoms with Crippen LogP contribution in [-0.4, -0.2) is 43.3 Å². The van der Waals surface area contributed by atoms with Gasteiger partial charge in [-0.2, -0.15) is 5.26 Å². The number of nitrogens with zero attached hydrogens (tertiary/aromatic N) is 2. The largest absolute Gasteiger partial charge is 0.378 e. The van der Waals surface area contributed by atoms with Gasteiger partial charge in [0.05, 0.1) is 18.7 Å². The van der Waals surface area contributed by atoms with Gasteiger partial charge in [-0.05, 0) is 6.42 Å². The number of methoxy groups -OCH3 is 1. The molecule has 0 aliphatic carbocycles. The van der Waals surface area contributed by atoms with E-state index in [1.165, 1.54) is 12.0 Å². The fraction of sp³-hybridized carbons (Fsp3) is 0.818. The molecule has 1 amide bonds. The lowest BCUT2D eigenvalue weighted by Gasteiger charge is -2.33. The zero-order valence-electron chi connectivity index (χ0n) is 10.1. The lowest BCUT2D eigenvalue weighted by Crippen LogP contribution is -2.47. The third-order valence-electron chi connectivity index (χ3n) is 2.37. The Morgan fingerprint density at radius 3 is 2.69 bits per heavy atom. The molecular weight excluding hydrogens is 211 g/mol. The Morgan fingerprint density at radius 2 is 2.25 bits per heavy atom. The Labute approximate surface area is 96.0 Å². The van der Waals surface area contributed by atoms with Crippen LogP contribution in [0.4, 0.5) is 4.39 Å². The Hall–Kier alpha value is -1.15. The molecule has 1 aliphatic heterocycles. The van der Waals surface area contributed by atoms with Gasteiger partial charge in [0, 0.05) is 13.7 Å². The van der Waals surface area contributed by atoms with Crippen LogP contribution in [-0.2, 0) is 9.53 Å². The predicted octanol–water partition coefficient (Wildman–Crippen LogP) is 1.51. The highest BCUT2D eigenvalue weighted by atomic mass is 19.1. The van der Waals surface area contributed by atoms with Crippen LogP contribution in [0, 0.1) is 11.3 Å². The molecule has 92 valence electrons. The van der Waals surface area contributed by atoms with Gasteiger partial charge in [0.15, 0.2) is 0 Å². The van der Waals surface area contributed by atoms with Gasteiger partial charge < -0.3 is 9.64 Å². The summed E-state index contributed by atoms with van der Waals surface area (Å²) in [6.07, 6.45) is -1.24. The van der Waals surface area contributed by atoms with Crippen LogP contribution in [0.1, 0.15) is 26.7 Å². The van der Waals surface area contributed by atoms with Gasteiger partial charge in [-0.1, -0.05) is 13.8 Å². The predicted molar refractivity (Wildman–Crippen MR) is 58.5 cm³/mol. The summed E-state index contributed by atoms with van der Waals surface area (Å²) < 4.78 is 18.2. The van der Waals surface area contributed by atoms with Crippen molar-refractivity contribution in [1.82, 2.24) is 4.90 Å². The molecule has 4 nitrogen and oxygen atoms in total. The van der Waals surface area contributed by atoms with Gasteiger partial charge in [-0.3, -0.25) is 4.79 Å². The van der Waals surface area contributed by atoms with E-state index in [1.54, 1.807) is 6.07 Å². The average molecular weight is 230 g/mol. The summed E-state index contributed by atoms with van der Waals surface area (Å²) >= 11 is 0. The average Bonchev–Trinajstić information content (AvgIpc) is 2.32. The Morgan fingerprint density at radius 1 is 1.62 bits per heavy atom. The van der Waals surface area contributed by atoms with E-state index in [4.69, 9.17) is 10.00 Å². The highest BCUT2D eigenvalue weighted by Gasteiger charge is 2.31. The van der Waals surface area contributed by atoms with Crippen LogP contribution >= 0.6 is 0 Å². The van der Waals surface area contributed by atoms with Crippen molar-refractivity contribution in [3.05, 3.63) is 0 Å². The lowest BCUT2D eigenvalue weighted by atomic mass is 10.1. The molecule has 1 heterocycles. The second-order valence-corrected chi connectivity index (χ2v) is 3.25. The van der Waals surface area contributed by atoms with E-state index >= 15 is 0 Å². The Bertz CT molecular complexity index is 253. The fourth-order valence-corrected chi connectivity index (χ4v) is 1.55. The maximum atomic E-state index is 13.3. The van der Waals surface area contributed by atoms with E-state index in [-0.39, 0.29) is 18.9 Å². The monoisotopic (exact) mass is 230 g/mol. The summed E-state index contributed by atoms with van der Waals surface area (Å²) in [6, 6.07) is 1.76. The summed E-state index contributed by atoms with van der Waals surface area (Å²) in [5, 5.41) is 8.32. The summed E-state index contributed by atoms with van der Waals surface area (Å²) in [6.45, 7) is 4.51. The number of hydrogen-bond acceptors (Lipinski definition) is 3. The maximum Gasteiger partial charge on any atom is 0.236 e. The number of rotatable bonds is 2. The standard InChI is InChI=1S/C9H13FN2O2.C2H6/c1-14-8-3-5-12(6-7(8)10)9(13)2-4-11;1-2/h7-8H,2-3,5-6H2,1H3;1-2H3. The van der Waals surface area contributed by atoms with Gasteiger partial charge >= 0.3 is 0 Å². The molecule has 2 unspecified atom stereocenters. The van der Waals surface area contributed by atoms with Crippen LogP contribution in [0.25, 0.3) is 0 Å². The second kappa shape index (κ2) is 8.05. The summed E-state index contributed by atoms with van der Waals surface area (Å²) in [7, 11) is 1.46. The first kappa shape index (κ1) is 14.8. The van der Waals surface area contributed by atoms with Crippen LogP contribution in [0.2, 0.25) is 0 Å². The van der Waals surface area contributed by atoms with Crippen LogP contribution < -0.4 is 0 Å². The third kappa shape index (κ3) is 4.15. The normalized spacial score (nSPS) is 24.1. The van der Waals surface area contributed by atoms with Crippen molar-refractivity contribution in [3.8, 4) is 6.07 Å². The van der Waals surface area contributed by atoms with Crippen molar-refractivity contribution in [2.45, 2.75) is 39.0 Å². The molecule has 1 saturated heterocycles. The molecule has 0 bridgehead atoms. The molecule has 1 fully saturated rings. The number of likely N-dealkylation sites (tertiary alicyclic amines) is 1. The second-order valence-electron chi connectivity index (χ2n) is 3.25. The van der Waals surface area contributed by atoms with E-state index in [0.29, 0.717) is 13.0 Å². The van der Waals surface area contributed by atoms with E-state index in [0.717, 1.165) is 0 Å². The van der Waals surface area contributed by atoms with Crippen molar-refractivity contribution in [1.29, 1.82) is 5.26 Å². The minimum absolute atomic E-state index is 0.0407. The smallest absolute Gasteiger partial charge is 0.236 e. The number of halogens is 1. The number of nitriles is 1. The molecule has 16 heavy (non-hydrogen) atoms. The quantitative estimate of drug-likeness (QED) is 0.722. The van der Waals surface area contributed by atoms with Gasteiger partial charge in [-0.15, -0.1) is 0 Å². The molecule has 0 aromatic rings. The van der Waals surface area contributed by atoms with Crippen molar-refractivity contribution >= 4 is 5.91 Å². The zero-order valence-corrected chi connectivity index (χ0v) is 10.1. The number of amides is 1. The minimum Gasteiger partial charge on any atom is -0.378 e. The van der Waals surface area contributed by atoms with E-state index in [2.05, 4.69) is 0 Å². The molecule has 5 heteroatoms. The van der Waals surface area contributed by atoms with Crippen molar-refractivity contribution in [3.63, 3.8) is 0 Å². The molecule has 1 rings (SSSR count). The molecule has 0 radical (unpaired) electrons. The SMILES string of the molecule is CC.COC1CCN(C(=O)CC#N)CC1F. The summed E-state index contributed by atoms with van der Waals surface area (Å²) in [4.78, 5) is 12.6. The number of carbonyl (C=O) groups excluding carboxylic acids is 1. The number of carbonyl (C=O) groups is 1. The first-order chi connectivity index (χ1) is 7.69. The number of ether oxygens (including phenoxy) is 1. The zero-order chi connectivity index (χ0) is 12.6. The molecule has 0 aromatic carbocycles. The molecule has 0 N–H and O–H groups in total. The Balaban J connectivity index is 0.00000106. The molecule has 2 atom stereocenters. The van der Waals surface area contributed by atoms with Crippen molar-refractivity contribution in [2.24, 2.45) is 0 Å². The summed E-state index contributed by atoms with van der Waals surface area (Å²) in [5.41, 5.74) is 0. The highest BCUT2D eigenvalue weighted by molar-refractivity contribution is 5.78. The molecule has 0 spiro atoms. The maximum absolute atomic E-state index is 13.3. The first-order valence-electron chi connectivity index (χ1n) is 5.50. The lowest BCUT2D eigenvalue weighted by molar-refractivity contribution is -0.135. The fourth-order valence-electron chi connectivity index (χ4n) is 1.55. The number of alkyl halides is 1. The highest BCUT2D eigenvalue weighted by Crippen LogP contribution is 2.17. The third-order valence-corrected chi connectivity index (χ3v) is 2.37. The number of hydrogen-bond donors (Lipinski definition) is 0. The van der Waals surface area contributed by atoms with E-state index < -0.39 is 12.3 Å². The van der Waals surface area contributed by atoms with Gasteiger partial charge in [0.25, 0.3) is 0 Å². The van der Waals surface area contributed by atoms with E-state index in [1.807, 2.05) is 13.8 Å². The van der Waals surface area contributed by atoms with Crippen molar-refractivity contribution < 1.29 is 13.9 Å².